The zero-order chi connectivity index (χ0) is 14.5. The largest absolute Gasteiger partial charge is 0.465 e. The van der Waals surface area contributed by atoms with E-state index in [0.29, 0.717) is 0 Å². The number of nitrogens with one attached hydrogen (secondary N) is 1. The molecule has 1 heterocycles. The summed E-state index contributed by atoms with van der Waals surface area (Å²) >= 11 is 0. The minimum Gasteiger partial charge on any atom is -0.465 e. The Kier molecular flexibility index (Phi) is 4.19. The van der Waals surface area contributed by atoms with E-state index >= 15 is 0 Å². The molecule has 1 aromatic carbocycles. The molecule has 0 aliphatic carbocycles. The fourth-order valence-corrected chi connectivity index (χ4v) is 1.72. The van der Waals surface area contributed by atoms with Crippen molar-refractivity contribution in [2.24, 2.45) is 0 Å². The molecule has 0 unspecified atom stereocenters. The first kappa shape index (κ1) is 13.9. The highest BCUT2D eigenvalue weighted by Gasteiger charge is 2.25. The molecule has 1 aliphatic heterocycles. The standard InChI is InChI=1S/C13H13NO6/c1-18-11(15)9-4-2-3-5-10(9)12(16)19-7-8-6-14-13(17)20-8/h2-5,8H,6-7H2,1H3,(H,14,17)/t8-/m1/s1. The Bertz CT molecular complexity index is 541. The Morgan fingerprint density at radius 2 is 1.95 bits per heavy atom. The predicted molar refractivity (Wildman–Crippen MR) is 66.3 cm³/mol. The van der Waals surface area contributed by atoms with Crippen LogP contribution >= 0.6 is 0 Å². The van der Waals surface area contributed by atoms with Crippen LogP contribution in [0.25, 0.3) is 0 Å². The van der Waals surface area contributed by atoms with Gasteiger partial charge in [0.1, 0.15) is 6.61 Å². The molecule has 7 heteroatoms. The van der Waals surface area contributed by atoms with E-state index in [1.165, 1.54) is 19.2 Å². The lowest BCUT2D eigenvalue weighted by atomic mass is 10.1. The van der Waals surface area contributed by atoms with Gasteiger partial charge in [-0.15, -0.1) is 0 Å². The van der Waals surface area contributed by atoms with Gasteiger partial charge in [0.25, 0.3) is 0 Å². The Morgan fingerprint density at radius 1 is 1.30 bits per heavy atom. The summed E-state index contributed by atoms with van der Waals surface area (Å²) in [5, 5.41) is 2.45. The van der Waals surface area contributed by atoms with Gasteiger partial charge in [0.2, 0.25) is 0 Å². The van der Waals surface area contributed by atoms with Crippen molar-refractivity contribution >= 4 is 18.0 Å². The van der Waals surface area contributed by atoms with Gasteiger partial charge in [-0.05, 0) is 12.1 Å². The molecule has 7 nitrogen and oxygen atoms in total. The molecule has 1 atom stereocenters. The fourth-order valence-electron chi connectivity index (χ4n) is 1.72. The van der Waals surface area contributed by atoms with Crippen molar-refractivity contribution in [2.45, 2.75) is 6.10 Å². The Morgan fingerprint density at radius 3 is 2.50 bits per heavy atom. The maximum absolute atomic E-state index is 11.9. The van der Waals surface area contributed by atoms with Gasteiger partial charge in [-0.1, -0.05) is 12.1 Å². The van der Waals surface area contributed by atoms with Crippen LogP contribution in [0, 0.1) is 0 Å². The minimum absolute atomic E-state index is 0.0763. The van der Waals surface area contributed by atoms with E-state index in [-0.39, 0.29) is 24.3 Å². The molecule has 0 bridgehead atoms. The number of hydrogen-bond acceptors (Lipinski definition) is 6. The molecular weight excluding hydrogens is 266 g/mol. The van der Waals surface area contributed by atoms with Gasteiger partial charge >= 0.3 is 18.0 Å². The Hall–Kier alpha value is -2.57. The molecule has 1 N–H and O–H groups in total. The summed E-state index contributed by atoms with van der Waals surface area (Å²) < 4.78 is 14.5. The number of benzene rings is 1. The fraction of sp³-hybridized carbons (Fsp3) is 0.308. The van der Waals surface area contributed by atoms with Crippen LogP contribution in [0.1, 0.15) is 20.7 Å². The van der Waals surface area contributed by atoms with Crippen LogP contribution in [0.3, 0.4) is 0 Å². The lowest BCUT2D eigenvalue weighted by molar-refractivity contribution is 0.0295. The van der Waals surface area contributed by atoms with Gasteiger partial charge in [-0.3, -0.25) is 0 Å². The number of rotatable bonds is 4. The molecule has 106 valence electrons. The van der Waals surface area contributed by atoms with Crippen molar-refractivity contribution < 1.29 is 28.6 Å². The van der Waals surface area contributed by atoms with Gasteiger partial charge in [-0.25, -0.2) is 14.4 Å². The number of hydrogen-bond donors (Lipinski definition) is 1. The molecule has 1 aromatic rings. The summed E-state index contributed by atoms with van der Waals surface area (Å²) in [7, 11) is 1.23. The van der Waals surface area contributed by atoms with E-state index in [1.807, 2.05) is 0 Å². The summed E-state index contributed by atoms with van der Waals surface area (Å²) in [6, 6.07) is 6.17. The van der Waals surface area contributed by atoms with Crippen molar-refractivity contribution in [1.29, 1.82) is 0 Å². The van der Waals surface area contributed by atoms with Crippen LogP contribution < -0.4 is 5.32 Å². The summed E-state index contributed by atoms with van der Waals surface area (Å²) in [6.07, 6.45) is -1.06. The Balaban J connectivity index is 2.02. The van der Waals surface area contributed by atoms with E-state index < -0.39 is 24.1 Å². The van der Waals surface area contributed by atoms with Crippen LogP contribution in [0.4, 0.5) is 4.79 Å². The molecule has 1 amide bonds. The van der Waals surface area contributed by atoms with Crippen molar-refractivity contribution in [3.05, 3.63) is 35.4 Å². The summed E-state index contributed by atoms with van der Waals surface area (Å²) in [4.78, 5) is 34.3. The molecule has 0 spiro atoms. The van der Waals surface area contributed by atoms with Gasteiger partial charge in [0.15, 0.2) is 6.10 Å². The van der Waals surface area contributed by atoms with Crippen LogP contribution in [0.15, 0.2) is 24.3 Å². The molecule has 2 rings (SSSR count). The second kappa shape index (κ2) is 6.05. The van der Waals surface area contributed by atoms with Crippen LogP contribution in [0.2, 0.25) is 0 Å². The summed E-state index contributed by atoms with van der Waals surface area (Å²) in [6.45, 7) is 0.206. The highest BCUT2D eigenvalue weighted by Crippen LogP contribution is 2.12. The number of carbonyl (C=O) groups excluding carboxylic acids is 3. The minimum atomic E-state index is -0.672. The van der Waals surface area contributed by atoms with E-state index in [2.05, 4.69) is 10.1 Å². The molecule has 0 saturated carbocycles. The van der Waals surface area contributed by atoms with E-state index in [9.17, 15) is 14.4 Å². The molecular formula is C13H13NO6. The average Bonchev–Trinajstić information content (AvgIpc) is 2.89. The van der Waals surface area contributed by atoms with Crippen LogP contribution in [-0.2, 0) is 14.2 Å². The van der Waals surface area contributed by atoms with Gasteiger partial charge in [0, 0.05) is 0 Å². The van der Waals surface area contributed by atoms with Crippen LogP contribution in [0.5, 0.6) is 0 Å². The predicted octanol–water partition coefficient (Wildman–Crippen LogP) is 0.738. The number of carbonyl (C=O) groups is 3. The van der Waals surface area contributed by atoms with E-state index in [1.54, 1.807) is 12.1 Å². The number of esters is 2. The van der Waals surface area contributed by atoms with Crippen LogP contribution in [-0.4, -0.2) is 44.4 Å². The number of ether oxygens (including phenoxy) is 3. The number of amides is 1. The first-order chi connectivity index (χ1) is 9.61. The van der Waals surface area contributed by atoms with Crippen molar-refractivity contribution in [3.63, 3.8) is 0 Å². The third kappa shape index (κ3) is 3.05. The first-order valence-corrected chi connectivity index (χ1v) is 5.90. The highest BCUT2D eigenvalue weighted by molar-refractivity contribution is 6.03. The van der Waals surface area contributed by atoms with E-state index in [0.717, 1.165) is 0 Å². The lowest BCUT2D eigenvalue weighted by Crippen LogP contribution is -2.23. The number of cyclic esters (lactones) is 1. The van der Waals surface area contributed by atoms with E-state index in [4.69, 9.17) is 9.47 Å². The summed E-state index contributed by atoms with van der Waals surface area (Å²) in [5.41, 5.74) is 0.234. The first-order valence-electron chi connectivity index (χ1n) is 5.90. The van der Waals surface area contributed by atoms with Crippen molar-refractivity contribution in [3.8, 4) is 0 Å². The molecule has 0 aromatic heterocycles. The maximum Gasteiger partial charge on any atom is 0.407 e. The molecule has 1 aliphatic rings. The quantitative estimate of drug-likeness (QED) is 0.645. The van der Waals surface area contributed by atoms with Gasteiger partial charge in [-0.2, -0.15) is 0 Å². The highest BCUT2D eigenvalue weighted by atomic mass is 16.6. The SMILES string of the molecule is COC(=O)c1ccccc1C(=O)OC[C@H]1CNC(=O)O1. The third-order valence-electron chi connectivity index (χ3n) is 2.70. The number of methoxy groups -OCH3 is 1. The topological polar surface area (TPSA) is 90.9 Å². The normalized spacial score (nSPS) is 17.1. The monoisotopic (exact) mass is 279 g/mol. The lowest BCUT2D eigenvalue weighted by Gasteiger charge is -2.10. The van der Waals surface area contributed by atoms with Crippen molar-refractivity contribution in [2.75, 3.05) is 20.3 Å². The zero-order valence-corrected chi connectivity index (χ0v) is 10.8. The van der Waals surface area contributed by atoms with Gasteiger partial charge in [0.05, 0.1) is 24.8 Å². The third-order valence-corrected chi connectivity index (χ3v) is 2.70. The smallest absolute Gasteiger partial charge is 0.407 e. The molecule has 0 radical (unpaired) electrons. The number of alkyl carbamates (subject to hydrolysis) is 1. The maximum atomic E-state index is 11.9. The second-order valence-corrected chi connectivity index (χ2v) is 4.04. The molecule has 1 saturated heterocycles. The Labute approximate surface area is 114 Å². The zero-order valence-electron chi connectivity index (χ0n) is 10.8. The molecule has 1 fully saturated rings. The van der Waals surface area contributed by atoms with Gasteiger partial charge < -0.3 is 19.5 Å². The molecule has 20 heavy (non-hydrogen) atoms. The summed E-state index contributed by atoms with van der Waals surface area (Å²) in [5.74, 6) is -1.29. The second-order valence-electron chi connectivity index (χ2n) is 4.04. The van der Waals surface area contributed by atoms with Crippen molar-refractivity contribution in [1.82, 2.24) is 5.32 Å². The average molecular weight is 279 g/mol.